The number of methoxy groups -OCH3 is 3. The molecule has 0 bridgehead atoms. The Bertz CT molecular complexity index is 660. The molecule has 1 heterocycles. The molecule has 1 aliphatic rings. The van der Waals surface area contributed by atoms with Crippen molar-refractivity contribution in [1.82, 2.24) is 10.0 Å². The SMILES string of the molecule is COc1cc(OC)c(S(=O)(=O)NCC2=CCNCC2)c(OC)c1. The molecule has 0 unspecified atom stereocenters. The summed E-state index contributed by atoms with van der Waals surface area (Å²) in [6, 6.07) is 3.03. The van der Waals surface area contributed by atoms with Crippen LogP contribution in [-0.4, -0.2) is 49.4 Å². The summed E-state index contributed by atoms with van der Waals surface area (Å²) in [5, 5.41) is 3.19. The molecule has 0 amide bonds. The van der Waals surface area contributed by atoms with Gasteiger partial charge in [0.15, 0.2) is 4.90 Å². The first-order valence-electron chi connectivity index (χ1n) is 7.20. The molecule has 1 aromatic rings. The first kappa shape index (κ1) is 17.6. The summed E-state index contributed by atoms with van der Waals surface area (Å²) in [6.45, 7) is 1.87. The Kier molecular flexibility index (Phi) is 5.86. The number of nitrogens with one attached hydrogen (secondary N) is 2. The summed E-state index contributed by atoms with van der Waals surface area (Å²) in [7, 11) is 0.514. The number of rotatable bonds is 7. The van der Waals surface area contributed by atoms with Crippen LogP contribution in [0.25, 0.3) is 0 Å². The van der Waals surface area contributed by atoms with Crippen molar-refractivity contribution in [2.24, 2.45) is 0 Å². The van der Waals surface area contributed by atoms with Crippen molar-refractivity contribution >= 4 is 10.0 Å². The molecule has 0 saturated carbocycles. The molecule has 1 aromatic carbocycles. The first-order chi connectivity index (χ1) is 11.0. The lowest BCUT2D eigenvalue weighted by molar-refractivity contribution is 0.359. The lowest BCUT2D eigenvalue weighted by Crippen LogP contribution is -2.30. The molecule has 0 aromatic heterocycles. The topological polar surface area (TPSA) is 85.9 Å². The van der Waals surface area contributed by atoms with Gasteiger partial charge < -0.3 is 19.5 Å². The predicted octanol–water partition coefficient (Wildman–Crippen LogP) is 0.910. The fraction of sp³-hybridized carbons (Fsp3) is 0.467. The highest BCUT2D eigenvalue weighted by atomic mass is 32.2. The van der Waals surface area contributed by atoms with Gasteiger partial charge >= 0.3 is 0 Å². The predicted molar refractivity (Wildman–Crippen MR) is 86.9 cm³/mol. The van der Waals surface area contributed by atoms with Crippen molar-refractivity contribution in [2.45, 2.75) is 11.3 Å². The number of ether oxygens (including phenoxy) is 3. The van der Waals surface area contributed by atoms with Crippen molar-refractivity contribution in [1.29, 1.82) is 0 Å². The van der Waals surface area contributed by atoms with E-state index in [9.17, 15) is 8.42 Å². The van der Waals surface area contributed by atoms with Gasteiger partial charge in [0.1, 0.15) is 17.2 Å². The Morgan fingerprint density at radius 3 is 2.26 bits per heavy atom. The van der Waals surface area contributed by atoms with Crippen molar-refractivity contribution in [2.75, 3.05) is 41.0 Å². The van der Waals surface area contributed by atoms with E-state index in [4.69, 9.17) is 14.2 Å². The van der Waals surface area contributed by atoms with E-state index in [-0.39, 0.29) is 22.9 Å². The average Bonchev–Trinajstić information content (AvgIpc) is 2.59. The van der Waals surface area contributed by atoms with Crippen molar-refractivity contribution in [3.05, 3.63) is 23.8 Å². The van der Waals surface area contributed by atoms with E-state index >= 15 is 0 Å². The summed E-state index contributed by atoms with van der Waals surface area (Å²) in [4.78, 5) is -0.0298. The summed E-state index contributed by atoms with van der Waals surface area (Å²) < 4.78 is 43.5. The number of hydrogen-bond acceptors (Lipinski definition) is 6. The van der Waals surface area contributed by atoms with Gasteiger partial charge in [-0.05, 0) is 13.0 Å². The van der Waals surface area contributed by atoms with Crippen molar-refractivity contribution < 1.29 is 22.6 Å². The normalized spacial score (nSPS) is 15.0. The Morgan fingerprint density at radius 1 is 1.13 bits per heavy atom. The highest BCUT2D eigenvalue weighted by Gasteiger charge is 2.26. The summed E-state index contributed by atoms with van der Waals surface area (Å²) in [5.41, 5.74) is 1.05. The van der Waals surface area contributed by atoms with Gasteiger partial charge in [-0.25, -0.2) is 13.1 Å². The van der Waals surface area contributed by atoms with E-state index in [1.165, 1.54) is 33.5 Å². The lowest BCUT2D eigenvalue weighted by Gasteiger charge is -2.18. The zero-order chi connectivity index (χ0) is 16.9. The van der Waals surface area contributed by atoms with Gasteiger partial charge in [0.2, 0.25) is 10.0 Å². The maximum Gasteiger partial charge on any atom is 0.248 e. The van der Waals surface area contributed by atoms with Crippen LogP contribution >= 0.6 is 0 Å². The van der Waals surface area contributed by atoms with Crippen molar-refractivity contribution in [3.63, 3.8) is 0 Å². The monoisotopic (exact) mass is 342 g/mol. The van der Waals surface area contributed by atoms with Gasteiger partial charge in [0, 0.05) is 25.2 Å². The minimum atomic E-state index is -3.79. The molecule has 8 heteroatoms. The van der Waals surface area contributed by atoms with Crippen LogP contribution in [0.3, 0.4) is 0 Å². The van der Waals surface area contributed by atoms with Crippen LogP contribution in [0.1, 0.15) is 6.42 Å². The minimum absolute atomic E-state index is 0.0298. The van der Waals surface area contributed by atoms with Crippen LogP contribution in [0.5, 0.6) is 17.2 Å². The number of benzene rings is 1. The van der Waals surface area contributed by atoms with Crippen LogP contribution in [-0.2, 0) is 10.0 Å². The molecular weight excluding hydrogens is 320 g/mol. The Hall–Kier alpha value is -1.77. The van der Waals surface area contributed by atoms with Crippen LogP contribution in [0, 0.1) is 0 Å². The van der Waals surface area contributed by atoms with E-state index in [0.29, 0.717) is 5.75 Å². The second-order valence-electron chi connectivity index (χ2n) is 5.00. The molecule has 1 aliphatic heterocycles. The second kappa shape index (κ2) is 7.67. The van der Waals surface area contributed by atoms with Gasteiger partial charge in [-0.1, -0.05) is 11.6 Å². The van der Waals surface area contributed by atoms with E-state index in [1.54, 1.807) is 0 Å². The van der Waals surface area contributed by atoms with Crippen molar-refractivity contribution in [3.8, 4) is 17.2 Å². The zero-order valence-electron chi connectivity index (χ0n) is 13.5. The maximum absolute atomic E-state index is 12.7. The Labute approximate surface area is 136 Å². The quantitative estimate of drug-likeness (QED) is 0.717. The third-order valence-electron chi connectivity index (χ3n) is 3.59. The fourth-order valence-electron chi connectivity index (χ4n) is 2.33. The largest absolute Gasteiger partial charge is 0.496 e. The van der Waals surface area contributed by atoms with Gasteiger partial charge in [-0.3, -0.25) is 0 Å². The molecule has 0 fully saturated rings. The number of hydrogen-bond donors (Lipinski definition) is 2. The van der Waals surface area contributed by atoms with Gasteiger partial charge in [0.25, 0.3) is 0 Å². The molecule has 0 radical (unpaired) electrons. The standard InChI is InChI=1S/C15H22N2O5S/c1-20-12-8-13(21-2)15(14(9-12)22-3)23(18,19)17-10-11-4-6-16-7-5-11/h4,8-9,16-17H,5-7,10H2,1-3H3. The van der Waals surface area contributed by atoms with E-state index < -0.39 is 10.0 Å². The lowest BCUT2D eigenvalue weighted by atomic mass is 10.1. The van der Waals surface area contributed by atoms with E-state index in [2.05, 4.69) is 10.0 Å². The molecule has 23 heavy (non-hydrogen) atoms. The molecule has 2 rings (SSSR count). The molecule has 0 aliphatic carbocycles. The smallest absolute Gasteiger partial charge is 0.248 e. The Balaban J connectivity index is 2.32. The second-order valence-corrected chi connectivity index (χ2v) is 6.71. The van der Waals surface area contributed by atoms with Crippen LogP contribution in [0.4, 0.5) is 0 Å². The fourth-order valence-corrected chi connectivity index (χ4v) is 3.66. The van der Waals surface area contributed by atoms with Crippen LogP contribution in [0.2, 0.25) is 0 Å². The van der Waals surface area contributed by atoms with E-state index in [0.717, 1.165) is 25.1 Å². The van der Waals surface area contributed by atoms with Gasteiger partial charge in [-0.2, -0.15) is 0 Å². The Morgan fingerprint density at radius 2 is 1.78 bits per heavy atom. The van der Waals surface area contributed by atoms with Crippen LogP contribution in [0.15, 0.2) is 28.7 Å². The highest BCUT2D eigenvalue weighted by Crippen LogP contribution is 2.37. The zero-order valence-corrected chi connectivity index (χ0v) is 14.3. The average molecular weight is 342 g/mol. The summed E-state index contributed by atoms with van der Waals surface area (Å²) in [6.07, 6.45) is 2.81. The molecular formula is C15H22N2O5S. The minimum Gasteiger partial charge on any atom is -0.496 e. The molecule has 7 nitrogen and oxygen atoms in total. The third kappa shape index (κ3) is 4.15. The first-order valence-corrected chi connectivity index (χ1v) is 8.68. The summed E-state index contributed by atoms with van der Waals surface area (Å²) >= 11 is 0. The molecule has 0 atom stereocenters. The van der Waals surface area contributed by atoms with Gasteiger partial charge in [-0.15, -0.1) is 0 Å². The molecule has 0 saturated heterocycles. The van der Waals surface area contributed by atoms with E-state index in [1.807, 2.05) is 6.08 Å². The molecule has 2 N–H and O–H groups in total. The molecule has 128 valence electrons. The van der Waals surface area contributed by atoms with Gasteiger partial charge in [0.05, 0.1) is 21.3 Å². The number of sulfonamides is 1. The van der Waals surface area contributed by atoms with Crippen LogP contribution < -0.4 is 24.2 Å². The molecule has 0 spiro atoms. The summed E-state index contributed by atoms with van der Waals surface area (Å²) in [5.74, 6) is 0.805. The maximum atomic E-state index is 12.7. The highest BCUT2D eigenvalue weighted by molar-refractivity contribution is 7.89. The third-order valence-corrected chi connectivity index (χ3v) is 5.05.